The molecule has 44 heavy (non-hydrogen) atoms. The minimum Gasteiger partial charge on any atom is -0.497 e. The minimum atomic E-state index is -0.964. The Hall–Kier alpha value is -4.59. The predicted molar refractivity (Wildman–Crippen MR) is 171 cm³/mol. The fraction of sp³-hybridized carbons (Fsp3) is 0.361. The maximum Gasteiger partial charge on any atom is 0.335 e. The van der Waals surface area contributed by atoms with Gasteiger partial charge >= 0.3 is 5.97 Å². The van der Waals surface area contributed by atoms with Gasteiger partial charge in [-0.25, -0.2) is 4.79 Å². The normalized spacial score (nSPS) is 16.3. The van der Waals surface area contributed by atoms with Crippen molar-refractivity contribution in [3.8, 4) is 22.8 Å². The lowest BCUT2D eigenvalue weighted by atomic mass is 9.81. The summed E-state index contributed by atoms with van der Waals surface area (Å²) in [5.74, 6) is 0.918. The molecule has 1 aromatic heterocycles. The van der Waals surface area contributed by atoms with Crippen LogP contribution in [-0.4, -0.2) is 46.5 Å². The number of amides is 1. The zero-order valence-corrected chi connectivity index (χ0v) is 25.4. The Morgan fingerprint density at radius 3 is 2.59 bits per heavy atom. The third kappa shape index (κ3) is 4.82. The van der Waals surface area contributed by atoms with Crippen molar-refractivity contribution in [1.82, 2.24) is 9.88 Å². The fourth-order valence-corrected chi connectivity index (χ4v) is 7.16. The van der Waals surface area contributed by atoms with Crippen LogP contribution in [0.2, 0.25) is 0 Å². The Bertz CT molecular complexity index is 1840. The van der Waals surface area contributed by atoms with Crippen LogP contribution in [0.15, 0.2) is 59.6 Å². The molecule has 7 rings (SSSR count). The molecule has 3 aromatic carbocycles. The Kier molecular flexibility index (Phi) is 6.95. The van der Waals surface area contributed by atoms with Crippen LogP contribution in [0.3, 0.4) is 0 Å². The number of aromatic nitrogens is 1. The number of nitrogens with one attached hydrogen (secondary N) is 1. The number of ether oxygens (including phenoxy) is 2. The Labute approximate surface area is 256 Å². The molecule has 1 aliphatic carbocycles. The van der Waals surface area contributed by atoms with Gasteiger partial charge < -0.3 is 24.5 Å². The van der Waals surface area contributed by atoms with Gasteiger partial charge in [0.2, 0.25) is 0 Å². The average Bonchev–Trinajstić information content (AvgIpc) is 3.55. The van der Waals surface area contributed by atoms with Gasteiger partial charge in [-0.1, -0.05) is 25.3 Å². The van der Waals surface area contributed by atoms with Crippen molar-refractivity contribution >= 4 is 34.2 Å². The predicted octanol–water partition coefficient (Wildman–Crippen LogP) is 7.29. The molecular weight excluding hydrogens is 554 g/mol. The maximum atomic E-state index is 13.8. The van der Waals surface area contributed by atoms with Gasteiger partial charge in [0.05, 0.1) is 36.1 Å². The highest BCUT2D eigenvalue weighted by atomic mass is 16.5. The van der Waals surface area contributed by atoms with Crippen LogP contribution in [-0.2, 0) is 13.0 Å². The third-order valence-corrected chi connectivity index (χ3v) is 9.48. The Morgan fingerprint density at radius 1 is 1.02 bits per heavy atom. The molecule has 0 bridgehead atoms. The molecule has 4 aromatic rings. The smallest absolute Gasteiger partial charge is 0.335 e. The number of carbonyl (C=O) groups excluding carboxylic acids is 1. The van der Waals surface area contributed by atoms with E-state index in [1.54, 1.807) is 25.3 Å². The lowest BCUT2D eigenvalue weighted by Crippen LogP contribution is -2.49. The number of nitrogens with zero attached hydrogens (tertiary/aromatic N) is 2. The van der Waals surface area contributed by atoms with Gasteiger partial charge in [-0.2, -0.15) is 0 Å². The summed E-state index contributed by atoms with van der Waals surface area (Å²) in [6.07, 6.45) is 6.54. The average molecular weight is 592 g/mol. The molecule has 0 radical (unpaired) electrons. The molecule has 1 fully saturated rings. The summed E-state index contributed by atoms with van der Waals surface area (Å²) in [5.41, 5.74) is 7.17. The van der Waals surface area contributed by atoms with Gasteiger partial charge in [0.1, 0.15) is 18.1 Å². The summed E-state index contributed by atoms with van der Waals surface area (Å²) < 4.78 is 14.1. The van der Waals surface area contributed by atoms with E-state index in [9.17, 15) is 14.7 Å². The second-order valence-electron chi connectivity index (χ2n) is 12.7. The molecule has 8 heteroatoms. The molecular formula is C36H37N3O5. The molecule has 2 N–H and O–H groups in total. The van der Waals surface area contributed by atoms with E-state index < -0.39 is 11.5 Å². The van der Waals surface area contributed by atoms with E-state index >= 15 is 0 Å². The van der Waals surface area contributed by atoms with Gasteiger partial charge in [0, 0.05) is 40.2 Å². The van der Waals surface area contributed by atoms with E-state index in [4.69, 9.17) is 14.5 Å². The Morgan fingerprint density at radius 2 is 1.82 bits per heavy atom. The molecule has 3 heterocycles. The highest BCUT2D eigenvalue weighted by Gasteiger charge is 2.33. The van der Waals surface area contributed by atoms with E-state index in [-0.39, 0.29) is 11.5 Å². The van der Waals surface area contributed by atoms with Crippen molar-refractivity contribution in [3.63, 3.8) is 0 Å². The number of carbonyl (C=O) groups is 2. The number of fused-ring (bicyclic) bond motifs is 6. The summed E-state index contributed by atoms with van der Waals surface area (Å²) >= 11 is 0. The first-order valence-corrected chi connectivity index (χ1v) is 15.5. The zero-order chi connectivity index (χ0) is 30.6. The lowest BCUT2D eigenvalue weighted by molar-refractivity contribution is 0.0696. The molecule has 1 amide bonds. The summed E-state index contributed by atoms with van der Waals surface area (Å²) in [4.78, 5) is 30.0. The topological polar surface area (TPSA) is 102 Å². The second-order valence-corrected chi connectivity index (χ2v) is 12.7. The van der Waals surface area contributed by atoms with E-state index in [0.717, 1.165) is 52.4 Å². The van der Waals surface area contributed by atoms with Crippen LogP contribution in [0, 0.1) is 0 Å². The van der Waals surface area contributed by atoms with Crippen molar-refractivity contribution in [1.29, 1.82) is 0 Å². The summed E-state index contributed by atoms with van der Waals surface area (Å²) in [5, 5.41) is 13.8. The van der Waals surface area contributed by atoms with Gasteiger partial charge in [-0.15, -0.1) is 0 Å². The number of aliphatic imine (C=N–C) groups is 1. The van der Waals surface area contributed by atoms with Crippen LogP contribution < -0.4 is 14.8 Å². The van der Waals surface area contributed by atoms with Crippen molar-refractivity contribution in [2.45, 2.75) is 70.4 Å². The van der Waals surface area contributed by atoms with E-state index in [1.807, 2.05) is 38.1 Å². The molecule has 0 spiro atoms. The number of aromatic carboxylic acids is 1. The van der Waals surface area contributed by atoms with E-state index in [2.05, 4.69) is 22.0 Å². The standard InChI is InChI=1S/C36H37N3O5/c1-36(2,31-19-24-17-23(35(41)42)10-14-28(24)37-31)38-34(40)22-9-12-26-29(18-22)39-15-16-44-30-20-25(43-3)11-13-27(30)33(39)32(26)21-7-5-4-6-8-21/h9-14,17-18,20-21H,4-8,15-16,19H2,1-3H3,(H,38,40)(H,41,42). The highest BCUT2D eigenvalue weighted by molar-refractivity contribution is 6.07. The summed E-state index contributed by atoms with van der Waals surface area (Å²) in [6.45, 7) is 5.09. The fourth-order valence-electron chi connectivity index (χ4n) is 7.16. The number of carboxylic acid groups (broad SMARTS) is 1. The minimum absolute atomic E-state index is 0.174. The van der Waals surface area contributed by atoms with Crippen molar-refractivity contribution in [3.05, 3.63) is 76.9 Å². The van der Waals surface area contributed by atoms with E-state index in [0.29, 0.717) is 31.1 Å². The van der Waals surface area contributed by atoms with Crippen LogP contribution in [0.4, 0.5) is 5.69 Å². The number of hydrogen-bond donors (Lipinski definition) is 2. The SMILES string of the molecule is COc1ccc2c(c1)OCCn1c-2c(C2CCCCC2)c2ccc(C(=O)NC(C)(C)C3=Nc4ccc(C(=O)O)cc4C3)cc21. The van der Waals surface area contributed by atoms with Crippen LogP contribution in [0.1, 0.15) is 83.7 Å². The maximum absolute atomic E-state index is 13.8. The van der Waals surface area contributed by atoms with Crippen LogP contribution >= 0.6 is 0 Å². The molecule has 0 unspecified atom stereocenters. The van der Waals surface area contributed by atoms with E-state index in [1.165, 1.54) is 35.9 Å². The van der Waals surface area contributed by atoms with Crippen LogP contribution in [0.5, 0.6) is 11.5 Å². The first-order valence-electron chi connectivity index (χ1n) is 15.5. The number of benzene rings is 3. The van der Waals surface area contributed by atoms with Crippen LogP contribution in [0.25, 0.3) is 22.2 Å². The molecule has 3 aliphatic rings. The van der Waals surface area contributed by atoms with Gasteiger partial charge in [-0.3, -0.25) is 9.79 Å². The number of methoxy groups -OCH3 is 1. The summed E-state index contributed by atoms with van der Waals surface area (Å²) in [7, 11) is 1.67. The number of carboxylic acids is 1. The number of rotatable bonds is 6. The Balaban J connectivity index is 1.25. The molecule has 226 valence electrons. The van der Waals surface area contributed by atoms with Crippen molar-refractivity contribution < 1.29 is 24.2 Å². The van der Waals surface area contributed by atoms with Gasteiger partial charge in [0.15, 0.2) is 0 Å². The molecule has 0 saturated heterocycles. The zero-order valence-electron chi connectivity index (χ0n) is 25.4. The lowest BCUT2D eigenvalue weighted by Gasteiger charge is -2.26. The third-order valence-electron chi connectivity index (χ3n) is 9.48. The summed E-state index contributed by atoms with van der Waals surface area (Å²) in [6, 6.07) is 17.1. The van der Waals surface area contributed by atoms with Crippen molar-refractivity contribution in [2.75, 3.05) is 13.7 Å². The number of hydrogen-bond acceptors (Lipinski definition) is 5. The first-order chi connectivity index (χ1) is 21.2. The molecule has 0 atom stereocenters. The molecule has 2 aliphatic heterocycles. The first kappa shape index (κ1) is 28.2. The second kappa shape index (κ2) is 10.8. The van der Waals surface area contributed by atoms with Gasteiger partial charge in [0.25, 0.3) is 5.91 Å². The largest absolute Gasteiger partial charge is 0.497 e. The van der Waals surface area contributed by atoms with Crippen molar-refractivity contribution in [2.24, 2.45) is 4.99 Å². The molecule has 8 nitrogen and oxygen atoms in total. The molecule has 1 saturated carbocycles. The quantitative estimate of drug-likeness (QED) is 0.245. The van der Waals surface area contributed by atoms with Gasteiger partial charge in [-0.05, 0) is 86.2 Å². The monoisotopic (exact) mass is 591 g/mol. The highest BCUT2D eigenvalue weighted by Crippen LogP contribution is 2.47.